The minimum absolute atomic E-state index is 0.00929. The van der Waals surface area contributed by atoms with Crippen LogP contribution in [-0.4, -0.2) is 23.4 Å². The number of nitrogens with two attached hydrogens (primary N) is 1. The predicted molar refractivity (Wildman–Crippen MR) is 78.3 cm³/mol. The molecule has 2 aromatic rings. The molecule has 3 N–H and O–H groups in total. The van der Waals surface area contributed by atoms with Crippen LogP contribution >= 0.6 is 12.2 Å². The molecule has 9 heteroatoms. The lowest BCUT2D eigenvalue weighted by molar-refractivity contribution is 0.579. The summed E-state index contributed by atoms with van der Waals surface area (Å²) in [4.78, 5) is 7.29. The Morgan fingerprint density at radius 3 is 2.76 bits per heavy atom. The summed E-state index contributed by atoms with van der Waals surface area (Å²) in [6.45, 7) is -0.00929. The van der Waals surface area contributed by atoms with Crippen LogP contribution in [-0.2, 0) is 16.6 Å². The molecule has 2 rings (SSSR count). The number of halogens is 1. The number of nitrogens with one attached hydrogen (secondary N) is 1. The molecule has 0 aliphatic carbocycles. The molecule has 1 heterocycles. The van der Waals surface area contributed by atoms with E-state index >= 15 is 0 Å². The molecule has 0 amide bonds. The molecule has 0 aliphatic heterocycles. The van der Waals surface area contributed by atoms with Gasteiger partial charge in [0.15, 0.2) is 0 Å². The Morgan fingerprint density at radius 1 is 1.38 bits per heavy atom. The van der Waals surface area contributed by atoms with Crippen molar-refractivity contribution in [1.29, 1.82) is 0 Å². The fraction of sp³-hybridized carbons (Fsp3) is 0.0833. The van der Waals surface area contributed by atoms with E-state index < -0.39 is 15.8 Å². The molecule has 1 aromatic carbocycles. The van der Waals surface area contributed by atoms with Crippen LogP contribution in [0.4, 0.5) is 4.39 Å². The van der Waals surface area contributed by atoms with Gasteiger partial charge in [0, 0.05) is 11.8 Å². The van der Waals surface area contributed by atoms with E-state index in [1.165, 1.54) is 12.5 Å². The summed E-state index contributed by atoms with van der Waals surface area (Å²) in [6, 6.07) is 4.82. The zero-order chi connectivity index (χ0) is 15.5. The average molecular weight is 326 g/mol. The Labute approximate surface area is 126 Å². The lowest BCUT2D eigenvalue weighted by Gasteiger charge is -2.08. The maximum atomic E-state index is 13.5. The molecular weight excluding hydrogens is 315 g/mol. The van der Waals surface area contributed by atoms with Gasteiger partial charge in [0.2, 0.25) is 10.0 Å². The molecule has 0 saturated carbocycles. The second-order valence-electron chi connectivity index (χ2n) is 4.03. The molecule has 0 atom stereocenters. The molecule has 1 aromatic heterocycles. The van der Waals surface area contributed by atoms with Crippen LogP contribution in [0.5, 0.6) is 0 Å². The molecule has 110 valence electrons. The Hall–Kier alpha value is -1.97. The molecule has 0 aliphatic rings. The predicted octanol–water partition coefficient (Wildman–Crippen LogP) is 0.728. The van der Waals surface area contributed by atoms with Crippen LogP contribution in [0.25, 0.3) is 0 Å². The fourth-order valence-corrected chi connectivity index (χ4v) is 2.72. The smallest absolute Gasteiger partial charge is 0.240 e. The number of hydrogen-bond acceptors (Lipinski definition) is 5. The number of aromatic nitrogens is 2. The van der Waals surface area contributed by atoms with Gasteiger partial charge in [-0.05, 0) is 24.3 Å². The number of hydrogen-bond donors (Lipinski definition) is 2. The van der Waals surface area contributed by atoms with Crippen molar-refractivity contribution in [2.45, 2.75) is 11.4 Å². The topological polar surface area (TPSA) is 98.0 Å². The number of sulfonamides is 1. The highest BCUT2D eigenvalue weighted by Crippen LogP contribution is 2.15. The summed E-state index contributed by atoms with van der Waals surface area (Å²) in [5, 5.41) is 0. The largest absolute Gasteiger partial charge is 0.389 e. The molecule has 0 saturated heterocycles. The Balaban J connectivity index is 2.24. The minimum Gasteiger partial charge on any atom is -0.389 e. The Morgan fingerprint density at radius 2 is 2.14 bits per heavy atom. The quantitative estimate of drug-likeness (QED) is 0.786. The molecular formula is C12H11FN4O2S2. The molecule has 0 radical (unpaired) electrons. The van der Waals surface area contributed by atoms with Crippen LogP contribution in [0.15, 0.2) is 41.7 Å². The van der Waals surface area contributed by atoms with Gasteiger partial charge in [0.05, 0.1) is 17.1 Å². The van der Waals surface area contributed by atoms with Crippen LogP contribution < -0.4 is 10.5 Å². The van der Waals surface area contributed by atoms with Gasteiger partial charge < -0.3 is 5.73 Å². The van der Waals surface area contributed by atoms with Crippen molar-refractivity contribution in [3.63, 3.8) is 0 Å². The first-order valence-electron chi connectivity index (χ1n) is 5.74. The van der Waals surface area contributed by atoms with Gasteiger partial charge in [-0.25, -0.2) is 27.5 Å². The van der Waals surface area contributed by atoms with E-state index in [2.05, 4.69) is 26.9 Å². The van der Waals surface area contributed by atoms with Crippen LogP contribution in [0.3, 0.4) is 0 Å². The molecule has 0 unspecified atom stereocenters. The second-order valence-corrected chi connectivity index (χ2v) is 6.24. The van der Waals surface area contributed by atoms with Gasteiger partial charge in [0.25, 0.3) is 0 Å². The summed E-state index contributed by atoms with van der Waals surface area (Å²) in [5.74, 6) is -0.669. The number of benzene rings is 1. The summed E-state index contributed by atoms with van der Waals surface area (Å²) in [6.07, 6.45) is 2.81. The number of thiocarbonyl (C=S) groups is 1. The highest BCUT2D eigenvalue weighted by Gasteiger charge is 2.17. The summed E-state index contributed by atoms with van der Waals surface area (Å²) in [7, 11) is -3.82. The highest BCUT2D eigenvalue weighted by molar-refractivity contribution is 7.89. The van der Waals surface area contributed by atoms with E-state index in [9.17, 15) is 12.8 Å². The fourth-order valence-electron chi connectivity index (χ4n) is 1.54. The number of nitrogens with zero attached hydrogens (tertiary/aromatic N) is 2. The molecule has 6 nitrogen and oxygen atoms in total. The van der Waals surface area contributed by atoms with Gasteiger partial charge in [-0.2, -0.15) is 0 Å². The highest BCUT2D eigenvalue weighted by atomic mass is 32.2. The molecule has 21 heavy (non-hydrogen) atoms. The SMILES string of the molecule is NC(=S)c1cc(S(=O)(=O)NCc2ccncn2)ccc1F. The monoisotopic (exact) mass is 326 g/mol. The van der Waals surface area contributed by atoms with E-state index in [0.717, 1.165) is 18.2 Å². The first-order valence-corrected chi connectivity index (χ1v) is 7.63. The van der Waals surface area contributed by atoms with Crippen molar-refractivity contribution in [2.75, 3.05) is 0 Å². The first kappa shape index (κ1) is 15.4. The van der Waals surface area contributed by atoms with Gasteiger partial charge in [-0.3, -0.25) is 0 Å². The van der Waals surface area contributed by atoms with E-state index in [1.54, 1.807) is 6.07 Å². The third kappa shape index (κ3) is 3.78. The third-order valence-corrected chi connectivity index (χ3v) is 4.22. The standard InChI is InChI=1S/C12H11FN4O2S2/c13-11-2-1-9(5-10(11)12(14)20)21(18,19)17-6-8-3-4-15-7-16-8/h1-5,7,17H,6H2,(H2,14,20). The van der Waals surface area contributed by atoms with Crippen molar-refractivity contribution >= 4 is 27.2 Å². The Bertz CT molecular complexity index is 766. The summed E-state index contributed by atoms with van der Waals surface area (Å²) >= 11 is 4.68. The maximum Gasteiger partial charge on any atom is 0.240 e. The van der Waals surface area contributed by atoms with Gasteiger partial charge in [0.1, 0.15) is 17.1 Å². The average Bonchev–Trinajstić information content (AvgIpc) is 2.46. The van der Waals surface area contributed by atoms with E-state index in [4.69, 9.17) is 5.73 Å². The van der Waals surface area contributed by atoms with Gasteiger partial charge in [-0.15, -0.1) is 0 Å². The lowest BCUT2D eigenvalue weighted by atomic mass is 10.2. The first-order chi connectivity index (χ1) is 9.90. The minimum atomic E-state index is -3.82. The van der Waals surface area contributed by atoms with Crippen LogP contribution in [0.1, 0.15) is 11.3 Å². The van der Waals surface area contributed by atoms with Crippen molar-refractivity contribution < 1.29 is 12.8 Å². The second kappa shape index (κ2) is 6.20. The van der Waals surface area contributed by atoms with Crippen molar-refractivity contribution in [3.8, 4) is 0 Å². The van der Waals surface area contributed by atoms with Crippen LogP contribution in [0, 0.1) is 5.82 Å². The summed E-state index contributed by atoms with van der Waals surface area (Å²) in [5.41, 5.74) is 5.74. The number of rotatable bonds is 5. The normalized spacial score (nSPS) is 11.3. The van der Waals surface area contributed by atoms with Crippen molar-refractivity contribution in [1.82, 2.24) is 14.7 Å². The lowest BCUT2D eigenvalue weighted by Crippen LogP contribution is -2.24. The van der Waals surface area contributed by atoms with E-state index in [1.807, 2.05) is 0 Å². The molecule has 0 fully saturated rings. The zero-order valence-corrected chi connectivity index (χ0v) is 12.3. The zero-order valence-electron chi connectivity index (χ0n) is 10.7. The van der Waals surface area contributed by atoms with Gasteiger partial charge >= 0.3 is 0 Å². The van der Waals surface area contributed by atoms with Crippen LogP contribution in [0.2, 0.25) is 0 Å². The van der Waals surface area contributed by atoms with Crippen molar-refractivity contribution in [2.24, 2.45) is 5.73 Å². The molecule has 0 bridgehead atoms. The third-order valence-electron chi connectivity index (χ3n) is 2.60. The maximum absolute atomic E-state index is 13.5. The van der Waals surface area contributed by atoms with E-state index in [-0.39, 0.29) is 22.0 Å². The Kier molecular flexibility index (Phi) is 4.56. The van der Waals surface area contributed by atoms with E-state index in [0.29, 0.717) is 5.69 Å². The van der Waals surface area contributed by atoms with Crippen molar-refractivity contribution in [3.05, 3.63) is 53.9 Å². The summed E-state index contributed by atoms with van der Waals surface area (Å²) < 4.78 is 40.1. The molecule has 0 spiro atoms. The van der Waals surface area contributed by atoms with Gasteiger partial charge in [-0.1, -0.05) is 12.2 Å².